The number of hydrogen-bond acceptors (Lipinski definition) is 2. The first-order valence-electron chi connectivity index (χ1n) is 5.31. The highest BCUT2D eigenvalue weighted by Gasteiger charge is 2.10. The average Bonchev–Trinajstić information content (AvgIpc) is 2.41. The molecule has 0 aliphatic rings. The van der Waals surface area contributed by atoms with Gasteiger partial charge in [0.05, 0.1) is 0 Å². The van der Waals surface area contributed by atoms with Crippen LogP contribution in [0, 0.1) is 19.8 Å². The molecular formula is C12H21NS. The predicted octanol–water partition coefficient (Wildman–Crippen LogP) is 3.67. The van der Waals surface area contributed by atoms with Crippen LogP contribution in [0.15, 0.2) is 6.07 Å². The van der Waals surface area contributed by atoms with Gasteiger partial charge in [-0.1, -0.05) is 13.8 Å². The Bertz CT molecular complexity index is 289. The molecule has 0 aliphatic carbocycles. The molecule has 1 rings (SSSR count). The third-order valence-electron chi connectivity index (χ3n) is 2.38. The van der Waals surface area contributed by atoms with Gasteiger partial charge in [-0.15, -0.1) is 11.3 Å². The molecule has 0 amide bonds. The Hall–Kier alpha value is -0.340. The fourth-order valence-corrected chi connectivity index (χ4v) is 2.63. The molecule has 0 radical (unpaired) electrons. The zero-order chi connectivity index (χ0) is 10.7. The normalized spacial score (nSPS) is 13.6. The second kappa shape index (κ2) is 4.94. The summed E-state index contributed by atoms with van der Waals surface area (Å²) >= 11 is 1.89. The Labute approximate surface area is 91.5 Å². The van der Waals surface area contributed by atoms with Crippen LogP contribution in [0.4, 0.5) is 0 Å². The van der Waals surface area contributed by atoms with Gasteiger partial charge >= 0.3 is 0 Å². The van der Waals surface area contributed by atoms with Gasteiger partial charge in [-0.25, -0.2) is 0 Å². The van der Waals surface area contributed by atoms with Crippen molar-refractivity contribution in [3.63, 3.8) is 0 Å². The molecule has 1 N–H and O–H groups in total. The van der Waals surface area contributed by atoms with Crippen LogP contribution in [-0.2, 0) is 0 Å². The first kappa shape index (κ1) is 11.7. The number of hydrogen-bond donors (Lipinski definition) is 1. The topological polar surface area (TPSA) is 12.0 Å². The van der Waals surface area contributed by atoms with Crippen LogP contribution < -0.4 is 5.32 Å². The fourth-order valence-electron chi connectivity index (χ4n) is 1.60. The van der Waals surface area contributed by atoms with Gasteiger partial charge in [0.1, 0.15) is 0 Å². The highest BCUT2D eigenvalue weighted by molar-refractivity contribution is 7.12. The largest absolute Gasteiger partial charge is 0.310 e. The Balaban J connectivity index is 2.60. The highest BCUT2D eigenvalue weighted by Crippen LogP contribution is 2.25. The minimum atomic E-state index is 0.488. The van der Waals surface area contributed by atoms with E-state index in [1.807, 2.05) is 11.3 Å². The summed E-state index contributed by atoms with van der Waals surface area (Å²) in [4.78, 5) is 2.86. The van der Waals surface area contributed by atoms with E-state index >= 15 is 0 Å². The van der Waals surface area contributed by atoms with Crippen LogP contribution >= 0.6 is 11.3 Å². The van der Waals surface area contributed by atoms with Crippen LogP contribution in [0.25, 0.3) is 0 Å². The van der Waals surface area contributed by atoms with E-state index in [2.05, 4.69) is 46.0 Å². The van der Waals surface area contributed by atoms with E-state index in [0.717, 1.165) is 12.5 Å². The van der Waals surface area contributed by atoms with Gasteiger partial charge < -0.3 is 5.32 Å². The Morgan fingerprint density at radius 1 is 1.29 bits per heavy atom. The van der Waals surface area contributed by atoms with Crippen molar-refractivity contribution in [2.45, 2.75) is 40.7 Å². The van der Waals surface area contributed by atoms with Gasteiger partial charge in [0.2, 0.25) is 0 Å². The van der Waals surface area contributed by atoms with Gasteiger partial charge in [-0.05, 0) is 44.9 Å². The van der Waals surface area contributed by atoms with Crippen molar-refractivity contribution >= 4 is 11.3 Å². The quantitative estimate of drug-likeness (QED) is 0.801. The molecule has 1 atom stereocenters. The van der Waals surface area contributed by atoms with E-state index in [1.54, 1.807) is 0 Å². The van der Waals surface area contributed by atoms with E-state index in [9.17, 15) is 0 Å². The van der Waals surface area contributed by atoms with Crippen LogP contribution in [-0.4, -0.2) is 6.54 Å². The van der Waals surface area contributed by atoms with Crippen molar-refractivity contribution in [3.8, 4) is 0 Å². The maximum absolute atomic E-state index is 3.56. The monoisotopic (exact) mass is 211 g/mol. The molecule has 80 valence electrons. The summed E-state index contributed by atoms with van der Waals surface area (Å²) < 4.78 is 0. The average molecular weight is 211 g/mol. The lowest BCUT2D eigenvalue weighted by atomic mass is 10.1. The first-order valence-corrected chi connectivity index (χ1v) is 6.12. The summed E-state index contributed by atoms with van der Waals surface area (Å²) in [5.41, 5.74) is 1.47. The second-order valence-corrected chi connectivity index (χ2v) is 5.85. The molecule has 0 aliphatic heterocycles. The summed E-state index contributed by atoms with van der Waals surface area (Å²) in [6.07, 6.45) is 0. The zero-order valence-electron chi connectivity index (χ0n) is 9.85. The minimum absolute atomic E-state index is 0.488. The second-order valence-electron chi connectivity index (χ2n) is 4.39. The lowest BCUT2D eigenvalue weighted by Crippen LogP contribution is -2.23. The Kier molecular flexibility index (Phi) is 4.14. The SMILES string of the molecule is Cc1cc(C(C)NCC(C)C)c(C)s1. The van der Waals surface area contributed by atoms with Crippen molar-refractivity contribution < 1.29 is 0 Å². The maximum atomic E-state index is 3.56. The van der Waals surface area contributed by atoms with Gasteiger partial charge in [0.25, 0.3) is 0 Å². The van der Waals surface area contributed by atoms with Crippen LogP contribution in [0.3, 0.4) is 0 Å². The lowest BCUT2D eigenvalue weighted by Gasteiger charge is -2.15. The molecule has 1 nitrogen and oxygen atoms in total. The Morgan fingerprint density at radius 3 is 2.36 bits per heavy atom. The van der Waals surface area contributed by atoms with E-state index in [1.165, 1.54) is 15.3 Å². The molecule has 0 saturated heterocycles. The molecule has 0 spiro atoms. The summed E-state index contributed by atoms with van der Waals surface area (Å²) in [5.74, 6) is 0.720. The molecule has 0 aromatic carbocycles. The maximum Gasteiger partial charge on any atom is 0.0302 e. The molecule has 2 heteroatoms. The van der Waals surface area contributed by atoms with Crippen molar-refractivity contribution in [1.29, 1.82) is 0 Å². The van der Waals surface area contributed by atoms with E-state index in [4.69, 9.17) is 0 Å². The summed E-state index contributed by atoms with van der Waals surface area (Å²) in [5, 5.41) is 3.56. The highest BCUT2D eigenvalue weighted by atomic mass is 32.1. The van der Waals surface area contributed by atoms with E-state index in [-0.39, 0.29) is 0 Å². The molecule has 1 heterocycles. The van der Waals surface area contributed by atoms with Gasteiger partial charge in [0, 0.05) is 15.8 Å². The van der Waals surface area contributed by atoms with Crippen molar-refractivity contribution in [2.24, 2.45) is 5.92 Å². The van der Waals surface area contributed by atoms with Crippen LogP contribution in [0.5, 0.6) is 0 Å². The van der Waals surface area contributed by atoms with Gasteiger partial charge in [-0.3, -0.25) is 0 Å². The van der Waals surface area contributed by atoms with Crippen molar-refractivity contribution in [2.75, 3.05) is 6.54 Å². The third kappa shape index (κ3) is 3.10. The predicted molar refractivity (Wildman–Crippen MR) is 65.0 cm³/mol. The molecule has 1 aromatic heterocycles. The number of rotatable bonds is 4. The Morgan fingerprint density at radius 2 is 1.93 bits per heavy atom. The van der Waals surface area contributed by atoms with Crippen LogP contribution in [0.1, 0.15) is 42.1 Å². The fraction of sp³-hybridized carbons (Fsp3) is 0.667. The summed E-state index contributed by atoms with van der Waals surface area (Å²) in [6.45, 7) is 12.2. The van der Waals surface area contributed by atoms with Crippen molar-refractivity contribution in [1.82, 2.24) is 5.32 Å². The minimum Gasteiger partial charge on any atom is -0.310 e. The number of nitrogens with one attached hydrogen (secondary N) is 1. The van der Waals surface area contributed by atoms with Crippen molar-refractivity contribution in [3.05, 3.63) is 21.4 Å². The zero-order valence-corrected chi connectivity index (χ0v) is 10.7. The van der Waals surface area contributed by atoms with Crippen LogP contribution in [0.2, 0.25) is 0 Å². The third-order valence-corrected chi connectivity index (χ3v) is 3.36. The number of aryl methyl sites for hydroxylation is 2. The molecular weight excluding hydrogens is 190 g/mol. The lowest BCUT2D eigenvalue weighted by molar-refractivity contribution is 0.496. The first-order chi connectivity index (χ1) is 6.50. The summed E-state index contributed by atoms with van der Waals surface area (Å²) in [7, 11) is 0. The molecule has 0 bridgehead atoms. The van der Waals surface area contributed by atoms with Gasteiger partial charge in [-0.2, -0.15) is 0 Å². The molecule has 1 aromatic rings. The number of thiophene rings is 1. The molecule has 14 heavy (non-hydrogen) atoms. The standard InChI is InChI=1S/C12H21NS/c1-8(2)7-13-10(4)12-6-9(3)14-11(12)5/h6,8,10,13H,7H2,1-5H3. The summed E-state index contributed by atoms with van der Waals surface area (Å²) in [6, 6.07) is 2.79. The van der Waals surface area contributed by atoms with E-state index in [0.29, 0.717) is 6.04 Å². The molecule has 0 fully saturated rings. The van der Waals surface area contributed by atoms with E-state index < -0.39 is 0 Å². The smallest absolute Gasteiger partial charge is 0.0302 e. The molecule has 1 unspecified atom stereocenters. The molecule has 0 saturated carbocycles. The van der Waals surface area contributed by atoms with Gasteiger partial charge in [0.15, 0.2) is 0 Å².